The molecule has 7 nitrogen and oxygen atoms in total. The lowest BCUT2D eigenvalue weighted by Crippen LogP contribution is -2.51. The Labute approximate surface area is 127 Å². The number of carbonyl (C=O) groups is 4. The van der Waals surface area contributed by atoms with Gasteiger partial charge in [0.05, 0.1) is 6.42 Å². The molecule has 0 aliphatic carbocycles. The van der Waals surface area contributed by atoms with Crippen molar-refractivity contribution in [3.8, 4) is 0 Å². The van der Waals surface area contributed by atoms with Gasteiger partial charge in [0.15, 0.2) is 0 Å². The Kier molecular flexibility index (Phi) is 4.55. The Balaban J connectivity index is 2.21. The maximum atomic E-state index is 12.3. The van der Waals surface area contributed by atoms with Gasteiger partial charge in [0, 0.05) is 13.3 Å². The lowest BCUT2D eigenvalue weighted by atomic mass is 10.0. The SMILES string of the molecule is CC(=O)N[C@H]1CC(=O)N([C@@H](Cc2ccccc2)C(N)=O)C1=O. The molecule has 7 heteroatoms. The molecule has 1 aliphatic heterocycles. The highest BCUT2D eigenvalue weighted by Gasteiger charge is 2.44. The van der Waals surface area contributed by atoms with Crippen LogP contribution in [0.1, 0.15) is 18.9 Å². The minimum Gasteiger partial charge on any atom is -0.368 e. The molecule has 1 fully saturated rings. The lowest BCUT2D eigenvalue weighted by molar-refractivity contribution is -0.146. The zero-order valence-corrected chi connectivity index (χ0v) is 12.1. The first-order valence-corrected chi connectivity index (χ1v) is 6.86. The van der Waals surface area contributed by atoms with Gasteiger partial charge in [-0.2, -0.15) is 0 Å². The van der Waals surface area contributed by atoms with Crippen molar-refractivity contribution < 1.29 is 19.2 Å². The second kappa shape index (κ2) is 6.38. The molecule has 0 radical (unpaired) electrons. The fourth-order valence-corrected chi connectivity index (χ4v) is 2.49. The van der Waals surface area contributed by atoms with Crippen molar-refractivity contribution >= 4 is 23.6 Å². The fourth-order valence-electron chi connectivity index (χ4n) is 2.49. The Morgan fingerprint density at radius 1 is 1.32 bits per heavy atom. The van der Waals surface area contributed by atoms with E-state index in [1.165, 1.54) is 6.92 Å². The molecule has 3 N–H and O–H groups in total. The first-order valence-electron chi connectivity index (χ1n) is 6.86. The van der Waals surface area contributed by atoms with Gasteiger partial charge in [-0.05, 0) is 5.56 Å². The van der Waals surface area contributed by atoms with Crippen molar-refractivity contribution in [3.05, 3.63) is 35.9 Å². The van der Waals surface area contributed by atoms with E-state index in [1.807, 2.05) is 6.07 Å². The van der Waals surface area contributed by atoms with Crippen LogP contribution in [0.4, 0.5) is 0 Å². The van der Waals surface area contributed by atoms with Crippen molar-refractivity contribution in [2.75, 3.05) is 0 Å². The zero-order valence-electron chi connectivity index (χ0n) is 12.1. The molecule has 1 aromatic carbocycles. The molecule has 0 bridgehead atoms. The number of nitrogens with one attached hydrogen (secondary N) is 1. The number of hydrogen-bond donors (Lipinski definition) is 2. The maximum Gasteiger partial charge on any atom is 0.253 e. The third-order valence-corrected chi connectivity index (χ3v) is 3.47. The summed E-state index contributed by atoms with van der Waals surface area (Å²) in [7, 11) is 0. The predicted octanol–water partition coefficient (Wildman–Crippen LogP) is -0.653. The fraction of sp³-hybridized carbons (Fsp3) is 0.333. The number of rotatable bonds is 5. The average molecular weight is 303 g/mol. The maximum absolute atomic E-state index is 12.3. The van der Waals surface area contributed by atoms with Crippen LogP contribution in [0, 0.1) is 0 Å². The summed E-state index contributed by atoms with van der Waals surface area (Å²) in [5.74, 6) is -2.27. The summed E-state index contributed by atoms with van der Waals surface area (Å²) in [5.41, 5.74) is 6.15. The molecular weight excluding hydrogens is 286 g/mol. The van der Waals surface area contributed by atoms with E-state index in [4.69, 9.17) is 5.73 Å². The molecule has 0 spiro atoms. The van der Waals surface area contributed by atoms with Crippen LogP contribution in [0.25, 0.3) is 0 Å². The van der Waals surface area contributed by atoms with Gasteiger partial charge in [-0.15, -0.1) is 0 Å². The Morgan fingerprint density at radius 2 is 1.95 bits per heavy atom. The third kappa shape index (κ3) is 3.30. The number of nitrogens with zero attached hydrogens (tertiary/aromatic N) is 1. The van der Waals surface area contributed by atoms with E-state index >= 15 is 0 Å². The topological polar surface area (TPSA) is 110 Å². The predicted molar refractivity (Wildman–Crippen MR) is 77.2 cm³/mol. The van der Waals surface area contributed by atoms with Crippen LogP contribution in [-0.2, 0) is 25.6 Å². The molecule has 2 rings (SSSR count). The van der Waals surface area contributed by atoms with Crippen LogP contribution in [0.3, 0.4) is 0 Å². The molecule has 0 aromatic heterocycles. The van der Waals surface area contributed by atoms with Gasteiger partial charge in [0.2, 0.25) is 17.7 Å². The summed E-state index contributed by atoms with van der Waals surface area (Å²) >= 11 is 0. The molecule has 1 aliphatic rings. The third-order valence-electron chi connectivity index (χ3n) is 3.47. The summed E-state index contributed by atoms with van der Waals surface area (Å²) < 4.78 is 0. The van der Waals surface area contributed by atoms with E-state index in [0.717, 1.165) is 10.5 Å². The van der Waals surface area contributed by atoms with Gasteiger partial charge in [-0.1, -0.05) is 30.3 Å². The summed E-state index contributed by atoms with van der Waals surface area (Å²) in [6.07, 6.45) is -0.00255. The Morgan fingerprint density at radius 3 is 2.50 bits per heavy atom. The summed E-state index contributed by atoms with van der Waals surface area (Å²) in [6.45, 7) is 1.26. The monoisotopic (exact) mass is 303 g/mol. The van der Waals surface area contributed by atoms with Gasteiger partial charge >= 0.3 is 0 Å². The number of hydrogen-bond acceptors (Lipinski definition) is 4. The van der Waals surface area contributed by atoms with Crippen molar-refractivity contribution in [2.24, 2.45) is 5.73 Å². The van der Waals surface area contributed by atoms with Crippen molar-refractivity contribution in [1.82, 2.24) is 10.2 Å². The number of carbonyl (C=O) groups excluding carboxylic acids is 4. The summed E-state index contributed by atoms with van der Waals surface area (Å²) in [4.78, 5) is 48.0. The van der Waals surface area contributed by atoms with Crippen LogP contribution in [0.2, 0.25) is 0 Å². The molecule has 116 valence electrons. The minimum atomic E-state index is -1.05. The second-order valence-electron chi connectivity index (χ2n) is 5.17. The number of benzene rings is 1. The summed E-state index contributed by atoms with van der Waals surface area (Å²) in [6, 6.07) is 6.99. The van der Waals surface area contributed by atoms with Crippen molar-refractivity contribution in [1.29, 1.82) is 0 Å². The van der Waals surface area contributed by atoms with Crippen LogP contribution in [-0.4, -0.2) is 40.6 Å². The zero-order chi connectivity index (χ0) is 16.3. The van der Waals surface area contributed by atoms with E-state index in [1.54, 1.807) is 24.3 Å². The van der Waals surface area contributed by atoms with Gasteiger partial charge in [0.1, 0.15) is 12.1 Å². The molecule has 1 heterocycles. The number of likely N-dealkylation sites (tertiary alicyclic amines) is 1. The van der Waals surface area contributed by atoms with Gasteiger partial charge < -0.3 is 11.1 Å². The first kappa shape index (κ1) is 15.7. The van der Waals surface area contributed by atoms with E-state index in [9.17, 15) is 19.2 Å². The second-order valence-corrected chi connectivity index (χ2v) is 5.17. The molecular formula is C15H17N3O4. The first-order chi connectivity index (χ1) is 10.4. The van der Waals surface area contributed by atoms with Crippen molar-refractivity contribution in [3.63, 3.8) is 0 Å². The molecule has 1 aromatic rings. The Hall–Kier alpha value is -2.70. The largest absolute Gasteiger partial charge is 0.368 e. The number of nitrogens with two attached hydrogens (primary N) is 1. The van der Waals surface area contributed by atoms with Crippen LogP contribution in [0.5, 0.6) is 0 Å². The number of imide groups is 1. The molecule has 4 amide bonds. The van der Waals surface area contributed by atoms with Crippen LogP contribution in [0.15, 0.2) is 30.3 Å². The quantitative estimate of drug-likeness (QED) is 0.704. The van der Waals surface area contributed by atoms with E-state index < -0.39 is 35.7 Å². The average Bonchev–Trinajstić information content (AvgIpc) is 2.71. The molecule has 2 atom stereocenters. The van der Waals surface area contributed by atoms with Crippen LogP contribution < -0.4 is 11.1 Å². The lowest BCUT2D eigenvalue weighted by Gasteiger charge is -2.24. The van der Waals surface area contributed by atoms with Gasteiger partial charge in [-0.25, -0.2) is 0 Å². The normalized spacial score (nSPS) is 19.1. The van der Waals surface area contributed by atoms with Crippen LogP contribution >= 0.6 is 0 Å². The summed E-state index contributed by atoms with van der Waals surface area (Å²) in [5, 5.41) is 2.41. The molecule has 1 saturated heterocycles. The van der Waals surface area contributed by atoms with Gasteiger partial charge in [0.25, 0.3) is 5.91 Å². The molecule has 22 heavy (non-hydrogen) atoms. The van der Waals surface area contributed by atoms with E-state index in [2.05, 4.69) is 5.32 Å². The van der Waals surface area contributed by atoms with E-state index in [-0.39, 0.29) is 12.8 Å². The number of amides is 4. The molecule has 0 saturated carbocycles. The number of primary amides is 1. The van der Waals surface area contributed by atoms with E-state index in [0.29, 0.717) is 0 Å². The minimum absolute atomic E-state index is 0.153. The standard InChI is InChI=1S/C15H17N3O4/c1-9(19)17-11-8-13(20)18(15(11)22)12(14(16)21)7-10-5-3-2-4-6-10/h2-6,11-12H,7-8H2,1H3,(H2,16,21)(H,17,19)/t11-,12-/m0/s1. The van der Waals surface area contributed by atoms with Crippen molar-refractivity contribution in [2.45, 2.75) is 31.8 Å². The highest BCUT2D eigenvalue weighted by Crippen LogP contribution is 2.19. The Bertz CT molecular complexity index is 614. The highest BCUT2D eigenvalue weighted by molar-refractivity contribution is 6.09. The van der Waals surface area contributed by atoms with Gasteiger partial charge in [-0.3, -0.25) is 24.1 Å². The smallest absolute Gasteiger partial charge is 0.253 e. The highest BCUT2D eigenvalue weighted by atomic mass is 16.2. The molecule has 0 unspecified atom stereocenters.